The molecule has 0 fully saturated rings. The molecule has 2 aromatic carbocycles. The van der Waals surface area contributed by atoms with Gasteiger partial charge in [0, 0.05) is 6.54 Å². The number of benzene rings is 2. The van der Waals surface area contributed by atoms with Gasteiger partial charge in [-0.05, 0) is 23.6 Å². The van der Waals surface area contributed by atoms with Crippen molar-refractivity contribution in [2.24, 2.45) is 0 Å². The van der Waals surface area contributed by atoms with Gasteiger partial charge >= 0.3 is 0 Å². The Morgan fingerprint density at radius 2 is 1.85 bits per heavy atom. The van der Waals surface area contributed by atoms with Crippen molar-refractivity contribution in [1.82, 2.24) is 5.32 Å². The van der Waals surface area contributed by atoms with Crippen LogP contribution in [0, 0.1) is 0 Å². The van der Waals surface area contributed by atoms with E-state index >= 15 is 0 Å². The van der Waals surface area contributed by atoms with Crippen LogP contribution in [0.3, 0.4) is 0 Å². The van der Waals surface area contributed by atoms with Crippen LogP contribution in [-0.2, 0) is 14.8 Å². The monoisotopic (exact) mass is 374 g/mol. The van der Waals surface area contributed by atoms with Crippen LogP contribution in [0.4, 0.5) is 5.69 Å². The molecule has 2 aromatic rings. The first-order chi connectivity index (χ1) is 12.4. The highest BCUT2D eigenvalue weighted by molar-refractivity contribution is 7.92. The van der Waals surface area contributed by atoms with Crippen LogP contribution in [0.15, 0.2) is 54.6 Å². The van der Waals surface area contributed by atoms with E-state index in [2.05, 4.69) is 5.32 Å². The Balaban J connectivity index is 1.70. The van der Waals surface area contributed by atoms with Crippen LogP contribution < -0.4 is 14.4 Å². The third kappa shape index (κ3) is 3.99. The van der Waals surface area contributed by atoms with E-state index in [1.807, 2.05) is 37.3 Å². The standard InChI is InChI=1S/C19H22N2O4S/c1-14(15-8-4-3-5-9-15)12-20-19(22)18-13-21(26(2,23)24)16-10-6-7-11-17(16)25-18/h3-11,14,18H,12-13H2,1-2H3,(H,20,22)/t14-,18+/m1/s1. The van der Waals surface area contributed by atoms with Gasteiger partial charge in [0.05, 0.1) is 18.5 Å². The van der Waals surface area contributed by atoms with E-state index in [0.717, 1.165) is 11.8 Å². The number of nitrogens with one attached hydrogen (secondary N) is 1. The minimum atomic E-state index is -3.51. The molecule has 1 heterocycles. The van der Waals surface area contributed by atoms with Crippen molar-refractivity contribution in [2.75, 3.05) is 23.7 Å². The number of hydrogen-bond acceptors (Lipinski definition) is 4. The number of carbonyl (C=O) groups is 1. The van der Waals surface area contributed by atoms with Crippen LogP contribution in [-0.4, -0.2) is 39.8 Å². The third-order valence-electron chi connectivity index (χ3n) is 4.38. The first-order valence-electron chi connectivity index (χ1n) is 8.42. The molecule has 1 N–H and O–H groups in total. The molecule has 7 heteroatoms. The maximum Gasteiger partial charge on any atom is 0.263 e. The average Bonchev–Trinajstić information content (AvgIpc) is 2.64. The van der Waals surface area contributed by atoms with Crippen molar-refractivity contribution in [1.29, 1.82) is 0 Å². The maximum absolute atomic E-state index is 12.6. The molecule has 1 aliphatic heterocycles. The molecule has 0 radical (unpaired) electrons. The smallest absolute Gasteiger partial charge is 0.263 e. The van der Waals surface area contributed by atoms with Crippen molar-refractivity contribution < 1.29 is 17.9 Å². The average molecular weight is 374 g/mol. The quantitative estimate of drug-likeness (QED) is 0.870. The Hall–Kier alpha value is -2.54. The van der Waals surface area contributed by atoms with E-state index in [4.69, 9.17) is 4.74 Å². The Morgan fingerprint density at radius 3 is 2.54 bits per heavy atom. The molecule has 1 amide bonds. The Bertz CT molecular complexity index is 883. The molecule has 0 bridgehead atoms. The second-order valence-corrected chi connectivity index (χ2v) is 8.33. The molecule has 138 valence electrons. The Morgan fingerprint density at radius 1 is 1.19 bits per heavy atom. The van der Waals surface area contributed by atoms with Crippen LogP contribution in [0.25, 0.3) is 0 Å². The summed E-state index contributed by atoms with van der Waals surface area (Å²) in [5, 5.41) is 2.87. The van der Waals surface area contributed by atoms with Gasteiger partial charge in [-0.3, -0.25) is 9.10 Å². The Labute approximate surface area is 153 Å². The van der Waals surface area contributed by atoms with Gasteiger partial charge in [-0.25, -0.2) is 8.42 Å². The molecule has 0 unspecified atom stereocenters. The normalized spacial score (nSPS) is 17.8. The molecule has 0 saturated heterocycles. The molecule has 0 aliphatic carbocycles. The lowest BCUT2D eigenvalue weighted by molar-refractivity contribution is -0.127. The van der Waals surface area contributed by atoms with Gasteiger partial charge in [0.15, 0.2) is 6.10 Å². The van der Waals surface area contributed by atoms with Crippen molar-refractivity contribution in [3.8, 4) is 5.75 Å². The molecule has 1 aliphatic rings. The topological polar surface area (TPSA) is 75.7 Å². The molecular weight excluding hydrogens is 352 g/mol. The van der Waals surface area contributed by atoms with Gasteiger partial charge in [-0.1, -0.05) is 49.4 Å². The van der Waals surface area contributed by atoms with Gasteiger partial charge in [-0.2, -0.15) is 0 Å². The lowest BCUT2D eigenvalue weighted by Gasteiger charge is -2.34. The number of para-hydroxylation sites is 2. The fraction of sp³-hybridized carbons (Fsp3) is 0.316. The summed E-state index contributed by atoms with van der Waals surface area (Å²) < 4.78 is 31.2. The van der Waals surface area contributed by atoms with Gasteiger partial charge in [0.2, 0.25) is 10.0 Å². The predicted octanol–water partition coefficient (Wildman–Crippen LogP) is 2.13. The highest BCUT2D eigenvalue weighted by Crippen LogP contribution is 2.34. The first-order valence-corrected chi connectivity index (χ1v) is 10.3. The van der Waals surface area contributed by atoms with Crippen molar-refractivity contribution >= 4 is 21.6 Å². The summed E-state index contributed by atoms with van der Waals surface area (Å²) in [5.41, 5.74) is 1.58. The summed E-state index contributed by atoms with van der Waals surface area (Å²) in [4.78, 5) is 12.6. The molecule has 0 spiro atoms. The van der Waals surface area contributed by atoms with Gasteiger partial charge in [0.25, 0.3) is 5.91 Å². The number of rotatable bonds is 5. The summed E-state index contributed by atoms with van der Waals surface area (Å²) in [6, 6.07) is 16.7. The summed E-state index contributed by atoms with van der Waals surface area (Å²) in [7, 11) is -3.51. The van der Waals surface area contributed by atoms with E-state index in [1.54, 1.807) is 24.3 Å². The molecule has 26 heavy (non-hydrogen) atoms. The molecule has 0 aromatic heterocycles. The zero-order valence-electron chi connectivity index (χ0n) is 14.8. The molecule has 0 saturated carbocycles. The van der Waals surface area contributed by atoms with Gasteiger partial charge in [-0.15, -0.1) is 0 Å². The molecule has 3 rings (SSSR count). The number of anilines is 1. The van der Waals surface area contributed by atoms with E-state index in [1.165, 1.54) is 4.31 Å². The first kappa shape index (κ1) is 18.3. The summed E-state index contributed by atoms with van der Waals surface area (Å²) in [5.74, 6) is 0.207. The van der Waals surface area contributed by atoms with Gasteiger partial charge < -0.3 is 10.1 Å². The number of carbonyl (C=O) groups excluding carboxylic acids is 1. The van der Waals surface area contributed by atoms with Crippen molar-refractivity contribution in [2.45, 2.75) is 18.9 Å². The minimum absolute atomic E-state index is 0.0403. The molecular formula is C19H22N2O4S. The number of ether oxygens (including phenoxy) is 1. The molecule has 2 atom stereocenters. The second kappa shape index (κ2) is 7.37. The number of nitrogens with zero attached hydrogens (tertiary/aromatic N) is 1. The van der Waals surface area contributed by atoms with Crippen LogP contribution in [0.2, 0.25) is 0 Å². The number of fused-ring (bicyclic) bond motifs is 1. The fourth-order valence-corrected chi connectivity index (χ4v) is 3.83. The zero-order valence-corrected chi connectivity index (χ0v) is 15.6. The van der Waals surface area contributed by atoms with E-state index < -0.39 is 16.1 Å². The lowest BCUT2D eigenvalue weighted by Crippen LogP contribution is -2.50. The number of sulfonamides is 1. The molecule has 6 nitrogen and oxygen atoms in total. The summed E-state index contributed by atoms with van der Waals surface area (Å²) in [6.45, 7) is 2.43. The summed E-state index contributed by atoms with van der Waals surface area (Å²) >= 11 is 0. The Kier molecular flexibility index (Phi) is 5.18. The largest absolute Gasteiger partial charge is 0.476 e. The maximum atomic E-state index is 12.6. The second-order valence-electron chi connectivity index (χ2n) is 6.43. The highest BCUT2D eigenvalue weighted by Gasteiger charge is 2.34. The van der Waals surface area contributed by atoms with Crippen molar-refractivity contribution in [3.05, 3.63) is 60.2 Å². The SMILES string of the molecule is C[C@H](CNC(=O)[C@@H]1CN(S(C)(=O)=O)c2ccccc2O1)c1ccccc1. The van der Waals surface area contributed by atoms with Gasteiger partial charge in [0.1, 0.15) is 5.75 Å². The zero-order chi connectivity index (χ0) is 18.7. The number of hydrogen-bond donors (Lipinski definition) is 1. The van der Waals surface area contributed by atoms with E-state index in [0.29, 0.717) is 18.0 Å². The fourth-order valence-electron chi connectivity index (χ4n) is 2.92. The lowest BCUT2D eigenvalue weighted by atomic mass is 10.0. The number of amides is 1. The van der Waals surface area contributed by atoms with Crippen LogP contribution in [0.1, 0.15) is 18.4 Å². The van der Waals surface area contributed by atoms with Crippen LogP contribution >= 0.6 is 0 Å². The minimum Gasteiger partial charge on any atom is -0.476 e. The highest BCUT2D eigenvalue weighted by atomic mass is 32.2. The third-order valence-corrected chi connectivity index (χ3v) is 5.53. The van der Waals surface area contributed by atoms with Crippen LogP contribution in [0.5, 0.6) is 5.75 Å². The van der Waals surface area contributed by atoms with E-state index in [-0.39, 0.29) is 18.4 Å². The summed E-state index contributed by atoms with van der Waals surface area (Å²) in [6.07, 6.45) is 0.240. The predicted molar refractivity (Wildman–Crippen MR) is 101 cm³/mol. The van der Waals surface area contributed by atoms with Crippen molar-refractivity contribution in [3.63, 3.8) is 0 Å². The van der Waals surface area contributed by atoms with E-state index in [9.17, 15) is 13.2 Å².